The lowest BCUT2D eigenvalue weighted by molar-refractivity contribution is 0.218. The highest BCUT2D eigenvalue weighted by Crippen LogP contribution is 2.23. The fourth-order valence-corrected chi connectivity index (χ4v) is 3.33. The van der Waals surface area contributed by atoms with Crippen molar-refractivity contribution in [2.24, 2.45) is 11.8 Å². The first-order chi connectivity index (χ1) is 8.70. The Balaban J connectivity index is 1.63. The van der Waals surface area contributed by atoms with Gasteiger partial charge in [-0.1, -0.05) is 6.92 Å². The van der Waals surface area contributed by atoms with Gasteiger partial charge in [0.15, 0.2) is 0 Å². The maximum Gasteiger partial charge on any atom is 0.108 e. The molecule has 1 aromatic rings. The molecule has 3 nitrogen and oxygen atoms in total. The molecule has 0 aromatic carbocycles. The molecule has 0 amide bonds. The normalized spacial score (nSPS) is 26.2. The third-order valence-electron chi connectivity index (χ3n) is 4.61. The summed E-state index contributed by atoms with van der Waals surface area (Å²) < 4.78 is 2.40. The van der Waals surface area contributed by atoms with Crippen LogP contribution in [0.5, 0.6) is 0 Å². The maximum absolute atomic E-state index is 4.85. The molecule has 1 saturated heterocycles. The van der Waals surface area contributed by atoms with Crippen LogP contribution in [0.25, 0.3) is 0 Å². The third-order valence-corrected chi connectivity index (χ3v) is 4.61. The van der Waals surface area contributed by atoms with Crippen LogP contribution in [-0.4, -0.2) is 34.6 Å². The molecule has 0 N–H and O–H groups in total. The molecule has 1 aromatic heterocycles. The molecule has 100 valence electrons. The van der Waals surface area contributed by atoms with Crippen LogP contribution < -0.4 is 0 Å². The van der Waals surface area contributed by atoms with E-state index in [0.29, 0.717) is 0 Å². The van der Waals surface area contributed by atoms with Crippen LogP contribution in [0, 0.1) is 11.8 Å². The topological polar surface area (TPSA) is 21.1 Å². The summed E-state index contributed by atoms with van der Waals surface area (Å²) in [5.74, 6) is 3.01. The average Bonchev–Trinajstić information content (AvgIpc) is 2.73. The predicted octanol–water partition coefficient (Wildman–Crippen LogP) is 2.35. The lowest BCUT2D eigenvalue weighted by Crippen LogP contribution is -2.31. The largest absolute Gasteiger partial charge is 0.334 e. The van der Waals surface area contributed by atoms with Crippen LogP contribution in [0.1, 0.15) is 37.7 Å². The van der Waals surface area contributed by atoms with Gasteiger partial charge in [0.2, 0.25) is 0 Å². The van der Waals surface area contributed by atoms with E-state index in [-0.39, 0.29) is 0 Å². The Kier molecular flexibility index (Phi) is 3.42. The molecular weight excluding hydrogens is 222 g/mol. The monoisotopic (exact) mass is 247 g/mol. The van der Waals surface area contributed by atoms with Gasteiger partial charge in [0, 0.05) is 19.2 Å². The van der Waals surface area contributed by atoms with Crippen molar-refractivity contribution >= 4 is 0 Å². The summed E-state index contributed by atoms with van der Waals surface area (Å²) in [6.45, 7) is 6.04. The van der Waals surface area contributed by atoms with Crippen LogP contribution >= 0.6 is 0 Å². The Morgan fingerprint density at radius 1 is 1.28 bits per heavy atom. The van der Waals surface area contributed by atoms with Crippen LogP contribution in [0.15, 0.2) is 6.20 Å². The van der Waals surface area contributed by atoms with E-state index in [1.54, 1.807) is 0 Å². The van der Waals surface area contributed by atoms with Gasteiger partial charge < -0.3 is 9.47 Å². The number of likely N-dealkylation sites (tertiary alicyclic amines) is 1. The zero-order valence-electron chi connectivity index (χ0n) is 11.7. The van der Waals surface area contributed by atoms with E-state index < -0.39 is 0 Å². The number of aromatic nitrogens is 2. The van der Waals surface area contributed by atoms with Crippen molar-refractivity contribution in [2.45, 2.75) is 45.6 Å². The van der Waals surface area contributed by atoms with Gasteiger partial charge in [-0.15, -0.1) is 0 Å². The fraction of sp³-hybridized carbons (Fsp3) is 0.800. The van der Waals surface area contributed by atoms with E-state index in [2.05, 4.69) is 29.6 Å². The molecule has 3 heterocycles. The molecule has 0 radical (unpaired) electrons. The number of hydrogen-bond acceptors (Lipinski definition) is 2. The summed E-state index contributed by atoms with van der Waals surface area (Å²) in [6.07, 6.45) is 8.69. The van der Waals surface area contributed by atoms with Gasteiger partial charge in [-0.25, -0.2) is 4.98 Å². The van der Waals surface area contributed by atoms with Gasteiger partial charge in [-0.05, 0) is 57.7 Å². The lowest BCUT2D eigenvalue weighted by atomic mass is 9.93. The first-order valence-corrected chi connectivity index (χ1v) is 7.44. The van der Waals surface area contributed by atoms with Crippen LogP contribution in [0.4, 0.5) is 0 Å². The SMILES string of the molecule is CC1CCc2nc(CC3CCN(C)CC3)cn2C1. The van der Waals surface area contributed by atoms with Crippen molar-refractivity contribution in [1.29, 1.82) is 0 Å². The van der Waals surface area contributed by atoms with Gasteiger partial charge in [-0.3, -0.25) is 0 Å². The summed E-state index contributed by atoms with van der Waals surface area (Å²) >= 11 is 0. The van der Waals surface area contributed by atoms with E-state index in [1.807, 2.05) is 0 Å². The molecule has 2 aliphatic heterocycles. The number of hydrogen-bond donors (Lipinski definition) is 0. The van der Waals surface area contributed by atoms with E-state index in [4.69, 9.17) is 4.98 Å². The first kappa shape index (κ1) is 12.2. The Labute approximate surface area is 110 Å². The second kappa shape index (κ2) is 5.04. The minimum atomic E-state index is 0.822. The fourth-order valence-electron chi connectivity index (χ4n) is 3.33. The lowest BCUT2D eigenvalue weighted by Gasteiger charge is -2.28. The minimum Gasteiger partial charge on any atom is -0.334 e. The van der Waals surface area contributed by atoms with Crippen LogP contribution in [0.3, 0.4) is 0 Å². The summed E-state index contributed by atoms with van der Waals surface area (Å²) in [7, 11) is 2.23. The first-order valence-electron chi connectivity index (χ1n) is 7.44. The molecule has 0 bridgehead atoms. The van der Waals surface area contributed by atoms with Crippen molar-refractivity contribution < 1.29 is 0 Å². The minimum absolute atomic E-state index is 0.822. The van der Waals surface area contributed by atoms with Crippen LogP contribution in [-0.2, 0) is 19.4 Å². The highest BCUT2D eigenvalue weighted by atomic mass is 15.1. The Morgan fingerprint density at radius 2 is 2.06 bits per heavy atom. The number of aryl methyl sites for hydroxylation is 1. The maximum atomic E-state index is 4.85. The Bertz CT molecular complexity index is 402. The van der Waals surface area contributed by atoms with Crippen molar-refractivity contribution in [3.8, 4) is 0 Å². The molecule has 1 fully saturated rings. The quantitative estimate of drug-likeness (QED) is 0.800. The van der Waals surface area contributed by atoms with Gasteiger partial charge >= 0.3 is 0 Å². The molecule has 3 rings (SSSR count). The van der Waals surface area contributed by atoms with Crippen molar-refractivity contribution in [3.05, 3.63) is 17.7 Å². The van der Waals surface area contributed by atoms with Crippen molar-refractivity contribution in [3.63, 3.8) is 0 Å². The number of piperidine rings is 1. The van der Waals surface area contributed by atoms with Crippen molar-refractivity contribution in [2.75, 3.05) is 20.1 Å². The highest BCUT2D eigenvalue weighted by Gasteiger charge is 2.21. The van der Waals surface area contributed by atoms with E-state index in [0.717, 1.165) is 11.8 Å². The Morgan fingerprint density at radius 3 is 2.83 bits per heavy atom. The average molecular weight is 247 g/mol. The molecule has 0 aliphatic carbocycles. The number of rotatable bonds is 2. The molecule has 2 aliphatic rings. The van der Waals surface area contributed by atoms with E-state index in [9.17, 15) is 0 Å². The van der Waals surface area contributed by atoms with Gasteiger partial charge in [0.25, 0.3) is 0 Å². The Hall–Kier alpha value is -0.830. The number of nitrogens with zero attached hydrogens (tertiary/aromatic N) is 3. The van der Waals surface area contributed by atoms with E-state index >= 15 is 0 Å². The van der Waals surface area contributed by atoms with Crippen molar-refractivity contribution in [1.82, 2.24) is 14.5 Å². The predicted molar refractivity (Wildman–Crippen MR) is 73.6 cm³/mol. The number of imidazole rings is 1. The standard InChI is InChI=1S/C15H25N3/c1-12-3-4-15-16-14(11-18(15)10-12)9-13-5-7-17(2)8-6-13/h11-13H,3-10H2,1-2H3. The zero-order valence-corrected chi connectivity index (χ0v) is 11.7. The smallest absolute Gasteiger partial charge is 0.108 e. The molecular formula is C15H25N3. The van der Waals surface area contributed by atoms with Gasteiger partial charge in [0.05, 0.1) is 5.69 Å². The molecule has 3 heteroatoms. The third kappa shape index (κ3) is 2.61. The second-order valence-corrected chi connectivity index (χ2v) is 6.40. The highest BCUT2D eigenvalue weighted by molar-refractivity contribution is 5.07. The molecule has 0 spiro atoms. The van der Waals surface area contributed by atoms with E-state index in [1.165, 1.54) is 63.3 Å². The van der Waals surface area contributed by atoms with Gasteiger partial charge in [0.1, 0.15) is 5.82 Å². The summed E-state index contributed by atoms with van der Waals surface area (Å²) in [5, 5.41) is 0. The number of fused-ring (bicyclic) bond motifs is 1. The van der Waals surface area contributed by atoms with Gasteiger partial charge in [-0.2, -0.15) is 0 Å². The zero-order chi connectivity index (χ0) is 12.5. The molecule has 0 saturated carbocycles. The summed E-state index contributed by atoms with van der Waals surface area (Å²) in [6, 6.07) is 0. The molecule has 1 atom stereocenters. The molecule has 1 unspecified atom stereocenters. The summed E-state index contributed by atoms with van der Waals surface area (Å²) in [5.41, 5.74) is 1.34. The summed E-state index contributed by atoms with van der Waals surface area (Å²) in [4.78, 5) is 7.29. The molecule has 18 heavy (non-hydrogen) atoms. The second-order valence-electron chi connectivity index (χ2n) is 6.40. The van der Waals surface area contributed by atoms with Crippen LogP contribution in [0.2, 0.25) is 0 Å².